The van der Waals surface area contributed by atoms with Crippen molar-refractivity contribution in [2.24, 2.45) is 0 Å². The summed E-state index contributed by atoms with van der Waals surface area (Å²) in [5.41, 5.74) is 0.540. The van der Waals surface area contributed by atoms with Crippen molar-refractivity contribution in [3.63, 3.8) is 0 Å². The van der Waals surface area contributed by atoms with Gasteiger partial charge in [-0.2, -0.15) is 5.26 Å². The highest BCUT2D eigenvalue weighted by Gasteiger charge is 2.20. The van der Waals surface area contributed by atoms with Crippen LogP contribution in [-0.4, -0.2) is 17.4 Å². The lowest BCUT2D eigenvalue weighted by Gasteiger charge is -2.25. The van der Waals surface area contributed by atoms with Crippen molar-refractivity contribution < 1.29 is 4.79 Å². The lowest BCUT2D eigenvalue weighted by molar-refractivity contribution is -0.119. The molecule has 0 spiro atoms. The zero-order valence-corrected chi connectivity index (χ0v) is 8.31. The highest BCUT2D eigenvalue weighted by Crippen LogP contribution is 2.18. The van der Waals surface area contributed by atoms with E-state index in [0.717, 1.165) is 12.8 Å². The van der Waals surface area contributed by atoms with Gasteiger partial charge in [0, 0.05) is 19.2 Å². The zero-order valence-electron chi connectivity index (χ0n) is 8.31. The predicted molar refractivity (Wildman–Crippen MR) is 55.2 cm³/mol. The van der Waals surface area contributed by atoms with E-state index in [1.807, 2.05) is 6.07 Å². The molecule has 2 heterocycles. The Labute approximate surface area is 88.1 Å². The molecule has 1 fully saturated rings. The molecule has 1 aliphatic heterocycles. The average molecular weight is 201 g/mol. The van der Waals surface area contributed by atoms with Gasteiger partial charge in [0.15, 0.2) is 0 Å². The Morgan fingerprint density at radius 3 is 3.07 bits per heavy atom. The average Bonchev–Trinajstić information content (AvgIpc) is 2.30. The number of pyridine rings is 1. The van der Waals surface area contributed by atoms with Gasteiger partial charge in [-0.25, -0.2) is 4.98 Å². The van der Waals surface area contributed by atoms with E-state index in [1.165, 1.54) is 0 Å². The number of carbonyl (C=O) groups excluding carboxylic acids is 1. The molecule has 0 atom stereocenters. The summed E-state index contributed by atoms with van der Waals surface area (Å²) in [5.74, 6) is 0.697. The predicted octanol–water partition coefficient (Wildman–Crippen LogP) is 1.47. The number of hydrogen-bond acceptors (Lipinski definition) is 3. The molecule has 0 radical (unpaired) electrons. The number of carbonyl (C=O) groups is 1. The van der Waals surface area contributed by atoms with Gasteiger partial charge in [-0.15, -0.1) is 0 Å². The molecule has 76 valence electrons. The van der Waals surface area contributed by atoms with Crippen LogP contribution in [0, 0.1) is 11.3 Å². The molecule has 4 nitrogen and oxygen atoms in total. The quantitative estimate of drug-likeness (QED) is 0.691. The summed E-state index contributed by atoms with van der Waals surface area (Å²) in [4.78, 5) is 17.4. The second-order valence-corrected chi connectivity index (χ2v) is 3.52. The number of aromatic nitrogens is 1. The zero-order chi connectivity index (χ0) is 10.7. The lowest BCUT2D eigenvalue weighted by atomic mass is 10.1. The summed E-state index contributed by atoms with van der Waals surface area (Å²) < 4.78 is 0. The van der Waals surface area contributed by atoms with Crippen molar-refractivity contribution in [1.29, 1.82) is 5.26 Å². The number of nitriles is 1. The first-order chi connectivity index (χ1) is 7.31. The number of hydrogen-bond donors (Lipinski definition) is 0. The SMILES string of the molecule is N#Cc1ccnc(N2CCCCC2=O)c1. The van der Waals surface area contributed by atoms with Crippen molar-refractivity contribution in [2.45, 2.75) is 19.3 Å². The number of piperidine rings is 1. The van der Waals surface area contributed by atoms with Gasteiger partial charge >= 0.3 is 0 Å². The van der Waals surface area contributed by atoms with Gasteiger partial charge in [-0.1, -0.05) is 0 Å². The number of anilines is 1. The molecule has 0 N–H and O–H groups in total. The van der Waals surface area contributed by atoms with Gasteiger partial charge < -0.3 is 0 Å². The van der Waals surface area contributed by atoms with E-state index >= 15 is 0 Å². The minimum Gasteiger partial charge on any atom is -0.297 e. The molecule has 1 aromatic heterocycles. The molecule has 0 aromatic carbocycles. The van der Waals surface area contributed by atoms with Crippen LogP contribution >= 0.6 is 0 Å². The Morgan fingerprint density at radius 1 is 1.47 bits per heavy atom. The molecule has 1 amide bonds. The maximum absolute atomic E-state index is 11.6. The van der Waals surface area contributed by atoms with Crippen molar-refractivity contribution in [1.82, 2.24) is 4.98 Å². The largest absolute Gasteiger partial charge is 0.297 e. The van der Waals surface area contributed by atoms with E-state index in [1.54, 1.807) is 23.2 Å². The topological polar surface area (TPSA) is 57.0 Å². The first-order valence-electron chi connectivity index (χ1n) is 4.98. The summed E-state index contributed by atoms with van der Waals surface area (Å²) in [6.07, 6.45) is 4.10. The molecular weight excluding hydrogens is 190 g/mol. The van der Waals surface area contributed by atoms with Crippen LogP contribution in [0.1, 0.15) is 24.8 Å². The molecular formula is C11H11N3O. The van der Waals surface area contributed by atoms with E-state index in [4.69, 9.17) is 5.26 Å². The van der Waals surface area contributed by atoms with E-state index in [9.17, 15) is 4.79 Å². The minimum atomic E-state index is 0.101. The monoisotopic (exact) mass is 201 g/mol. The Kier molecular flexibility index (Phi) is 2.64. The molecule has 0 aliphatic carbocycles. The van der Waals surface area contributed by atoms with Gasteiger partial charge in [-0.05, 0) is 25.0 Å². The van der Waals surface area contributed by atoms with E-state index < -0.39 is 0 Å². The van der Waals surface area contributed by atoms with Gasteiger partial charge in [0.1, 0.15) is 5.82 Å². The summed E-state index contributed by atoms with van der Waals surface area (Å²) in [7, 11) is 0. The van der Waals surface area contributed by atoms with Crippen LogP contribution < -0.4 is 4.90 Å². The smallest absolute Gasteiger partial charge is 0.228 e. The van der Waals surface area contributed by atoms with Crippen molar-refractivity contribution >= 4 is 11.7 Å². The van der Waals surface area contributed by atoms with Crippen LogP contribution in [0.15, 0.2) is 18.3 Å². The van der Waals surface area contributed by atoms with Gasteiger partial charge in [0.2, 0.25) is 5.91 Å². The Bertz CT molecular complexity index is 422. The summed E-state index contributed by atoms with van der Waals surface area (Å²) >= 11 is 0. The normalized spacial score (nSPS) is 16.2. The first kappa shape index (κ1) is 9.66. The number of amides is 1. The lowest BCUT2D eigenvalue weighted by Crippen LogP contribution is -2.35. The Hall–Kier alpha value is -1.89. The van der Waals surface area contributed by atoms with Gasteiger partial charge in [0.25, 0.3) is 0 Å². The van der Waals surface area contributed by atoms with Crippen molar-refractivity contribution in [3.8, 4) is 6.07 Å². The standard InChI is InChI=1S/C11H11N3O/c12-8-9-4-5-13-10(7-9)14-6-2-1-3-11(14)15/h4-5,7H,1-3,6H2. The molecule has 4 heteroatoms. The van der Waals surface area contributed by atoms with Gasteiger partial charge in [-0.3, -0.25) is 9.69 Å². The van der Waals surface area contributed by atoms with Crippen LogP contribution in [0.25, 0.3) is 0 Å². The Morgan fingerprint density at radius 2 is 2.33 bits per heavy atom. The second-order valence-electron chi connectivity index (χ2n) is 3.52. The molecule has 1 saturated heterocycles. The van der Waals surface area contributed by atoms with E-state index in [0.29, 0.717) is 24.3 Å². The first-order valence-corrected chi connectivity index (χ1v) is 4.98. The fraction of sp³-hybridized carbons (Fsp3) is 0.364. The van der Waals surface area contributed by atoms with Crippen molar-refractivity contribution in [2.75, 3.05) is 11.4 Å². The Balaban J connectivity index is 2.28. The summed E-state index contributed by atoms with van der Waals surface area (Å²) in [5, 5.41) is 8.75. The third-order valence-corrected chi connectivity index (χ3v) is 2.47. The molecule has 2 rings (SSSR count). The van der Waals surface area contributed by atoms with Crippen molar-refractivity contribution in [3.05, 3.63) is 23.9 Å². The minimum absolute atomic E-state index is 0.101. The van der Waals surface area contributed by atoms with Crippen LogP contribution in [0.5, 0.6) is 0 Å². The van der Waals surface area contributed by atoms with Crippen LogP contribution in [-0.2, 0) is 4.79 Å². The molecule has 15 heavy (non-hydrogen) atoms. The number of rotatable bonds is 1. The third-order valence-electron chi connectivity index (χ3n) is 2.47. The highest BCUT2D eigenvalue weighted by atomic mass is 16.2. The summed E-state index contributed by atoms with van der Waals surface area (Å²) in [6, 6.07) is 5.34. The van der Waals surface area contributed by atoms with Crippen LogP contribution in [0.2, 0.25) is 0 Å². The third kappa shape index (κ3) is 1.96. The molecule has 0 saturated carbocycles. The van der Waals surface area contributed by atoms with E-state index in [2.05, 4.69) is 4.98 Å². The second kappa shape index (κ2) is 4.09. The van der Waals surface area contributed by atoms with Gasteiger partial charge in [0.05, 0.1) is 11.6 Å². The molecule has 0 unspecified atom stereocenters. The number of nitrogens with zero attached hydrogens (tertiary/aromatic N) is 3. The fourth-order valence-corrected chi connectivity index (χ4v) is 1.68. The maximum Gasteiger partial charge on any atom is 0.228 e. The molecule has 0 bridgehead atoms. The van der Waals surface area contributed by atoms with Crippen LogP contribution in [0.4, 0.5) is 5.82 Å². The fourth-order valence-electron chi connectivity index (χ4n) is 1.68. The molecule has 1 aromatic rings. The maximum atomic E-state index is 11.6. The highest BCUT2D eigenvalue weighted by molar-refractivity contribution is 5.93. The van der Waals surface area contributed by atoms with Crippen LogP contribution in [0.3, 0.4) is 0 Å². The molecule has 1 aliphatic rings. The summed E-state index contributed by atoms with van der Waals surface area (Å²) in [6.45, 7) is 0.709. The van der Waals surface area contributed by atoms with E-state index in [-0.39, 0.29) is 5.91 Å².